The highest BCUT2D eigenvalue weighted by Crippen LogP contribution is 2.39. The van der Waals surface area contributed by atoms with E-state index in [-0.39, 0.29) is 24.1 Å². The van der Waals surface area contributed by atoms with Gasteiger partial charge in [0.05, 0.1) is 6.54 Å². The Kier molecular flexibility index (Phi) is 9.11. The minimum atomic E-state index is -5.80. The Morgan fingerprint density at radius 1 is 0.976 bits per heavy atom. The van der Waals surface area contributed by atoms with E-state index in [1.807, 2.05) is 4.90 Å². The summed E-state index contributed by atoms with van der Waals surface area (Å²) in [6.07, 6.45) is 6.91. The van der Waals surface area contributed by atoms with Crippen molar-refractivity contribution in [1.29, 1.82) is 0 Å². The average Bonchev–Trinajstić information content (AvgIpc) is 3.42. The third-order valence-corrected chi connectivity index (χ3v) is 9.66. The second-order valence-corrected chi connectivity index (χ2v) is 13.5. The molecule has 5 rings (SSSR count). The van der Waals surface area contributed by atoms with Crippen molar-refractivity contribution in [3.8, 4) is 5.75 Å². The number of halogens is 5. The van der Waals surface area contributed by atoms with Crippen molar-refractivity contribution in [2.45, 2.75) is 69.0 Å². The Hall–Kier alpha value is -2.05. The van der Waals surface area contributed by atoms with E-state index in [1.54, 1.807) is 18.2 Å². The summed E-state index contributed by atoms with van der Waals surface area (Å²) in [7, 11) is -5.80. The number of hydrogen-bond acceptors (Lipinski definition) is 6. The average molecular weight is 635 g/mol. The first-order valence-corrected chi connectivity index (χ1v) is 15.9. The first-order valence-electron chi connectivity index (χ1n) is 13.8. The van der Waals surface area contributed by atoms with Gasteiger partial charge in [0.25, 0.3) is 0 Å². The fourth-order valence-corrected chi connectivity index (χ4v) is 7.29. The summed E-state index contributed by atoms with van der Waals surface area (Å²) in [5.41, 5.74) is -2.58. The van der Waals surface area contributed by atoms with Gasteiger partial charge in [0, 0.05) is 34.9 Å². The molecule has 2 fully saturated rings. The minimum Gasteiger partial charge on any atom is -0.376 e. The molecule has 0 radical (unpaired) electrons. The molecular formula is C28H32Cl2F3N3O4S. The van der Waals surface area contributed by atoms with Gasteiger partial charge < -0.3 is 14.4 Å². The molecule has 224 valence electrons. The predicted octanol–water partition coefficient (Wildman–Crippen LogP) is 6.34. The zero-order valence-corrected chi connectivity index (χ0v) is 24.7. The second kappa shape index (κ2) is 12.3. The molecule has 0 unspecified atom stereocenters. The van der Waals surface area contributed by atoms with E-state index in [0.717, 1.165) is 42.6 Å². The first-order chi connectivity index (χ1) is 19.4. The maximum Gasteiger partial charge on any atom is 0.534 e. The third kappa shape index (κ3) is 7.30. The van der Waals surface area contributed by atoms with Crippen molar-refractivity contribution < 1.29 is 30.6 Å². The van der Waals surface area contributed by atoms with Crippen LogP contribution in [0.5, 0.6) is 5.75 Å². The number of carbonyl (C=O) groups is 1. The number of fused-ring (bicyclic) bond motifs is 1. The molecule has 2 aromatic rings. The molecule has 1 aliphatic carbocycles. The number of rotatable bonds is 7. The van der Waals surface area contributed by atoms with Crippen molar-refractivity contribution in [1.82, 2.24) is 9.80 Å². The predicted molar refractivity (Wildman–Crippen MR) is 152 cm³/mol. The molecule has 1 amide bonds. The van der Waals surface area contributed by atoms with Crippen molar-refractivity contribution in [3.05, 3.63) is 57.1 Å². The summed E-state index contributed by atoms with van der Waals surface area (Å²) in [4.78, 5) is 17.3. The molecule has 2 aliphatic heterocycles. The Balaban J connectivity index is 1.35. The largest absolute Gasteiger partial charge is 0.534 e. The summed E-state index contributed by atoms with van der Waals surface area (Å²) in [5.74, 6) is -0.534. The second-order valence-electron chi connectivity index (χ2n) is 11.0. The number of piperidine rings is 1. The monoisotopic (exact) mass is 633 g/mol. The van der Waals surface area contributed by atoms with Crippen LogP contribution < -0.4 is 9.50 Å². The lowest BCUT2D eigenvalue weighted by Crippen LogP contribution is -2.40. The van der Waals surface area contributed by atoms with Crippen LogP contribution in [0, 0.1) is 0 Å². The lowest BCUT2D eigenvalue weighted by molar-refractivity contribution is -0.117. The van der Waals surface area contributed by atoms with Crippen LogP contribution in [-0.4, -0.2) is 61.9 Å². The lowest BCUT2D eigenvalue weighted by atomic mass is 9.82. The Bertz CT molecular complexity index is 1370. The summed E-state index contributed by atoms with van der Waals surface area (Å²) in [5, 5.41) is 3.60. The van der Waals surface area contributed by atoms with Gasteiger partial charge in [-0.2, -0.15) is 21.6 Å². The number of nitrogens with one attached hydrogen (secondary N) is 1. The zero-order chi connectivity index (χ0) is 29.4. The SMILES string of the molecule is O=C(CN1CCc2cc(OS(=O)(=O)C(F)(F)F)cc(C3CCN(C4CCCC4)CC3)c2C1)Nc1cc(Cl)cc(Cl)c1. The molecule has 0 bridgehead atoms. The Morgan fingerprint density at radius 3 is 2.27 bits per heavy atom. The van der Waals surface area contributed by atoms with Gasteiger partial charge in [-0.25, -0.2) is 0 Å². The molecule has 41 heavy (non-hydrogen) atoms. The van der Waals surface area contributed by atoms with Crippen molar-refractivity contribution in [2.75, 3.05) is 31.5 Å². The van der Waals surface area contributed by atoms with Gasteiger partial charge in [0.1, 0.15) is 5.75 Å². The number of amides is 1. The number of nitrogens with zero attached hydrogens (tertiary/aromatic N) is 2. The van der Waals surface area contributed by atoms with Crippen LogP contribution in [0.2, 0.25) is 10.0 Å². The van der Waals surface area contributed by atoms with Crippen LogP contribution in [0.1, 0.15) is 61.1 Å². The highest BCUT2D eigenvalue weighted by molar-refractivity contribution is 7.88. The standard InChI is InChI=1S/C28H32Cl2F3N3O4S/c29-20-12-21(30)14-22(13-20)34-27(37)17-35-8-5-19-11-24(40-41(38,39)28(31,32)33)15-25(26(19)16-35)18-6-9-36(10-7-18)23-3-1-2-4-23/h11-15,18,23H,1-10,16-17H2,(H,34,37). The minimum absolute atomic E-state index is 0.0425. The number of anilines is 1. The van der Waals surface area contributed by atoms with Gasteiger partial charge in [-0.1, -0.05) is 36.0 Å². The number of alkyl halides is 3. The molecule has 2 aromatic carbocycles. The van der Waals surface area contributed by atoms with Gasteiger partial charge in [-0.3, -0.25) is 9.69 Å². The van der Waals surface area contributed by atoms with Crippen LogP contribution in [-0.2, 0) is 27.9 Å². The van der Waals surface area contributed by atoms with Crippen molar-refractivity contribution in [2.24, 2.45) is 0 Å². The number of likely N-dealkylation sites (tertiary alicyclic amines) is 1. The molecule has 1 saturated heterocycles. The van der Waals surface area contributed by atoms with E-state index < -0.39 is 15.6 Å². The van der Waals surface area contributed by atoms with Gasteiger partial charge in [0.2, 0.25) is 5.91 Å². The maximum atomic E-state index is 13.1. The van der Waals surface area contributed by atoms with Gasteiger partial charge in [0.15, 0.2) is 0 Å². The molecule has 1 saturated carbocycles. The Labute approximate surface area is 248 Å². The van der Waals surface area contributed by atoms with E-state index in [1.165, 1.54) is 37.8 Å². The zero-order valence-electron chi connectivity index (χ0n) is 22.4. The molecule has 1 N–H and O–H groups in total. The molecule has 7 nitrogen and oxygen atoms in total. The third-order valence-electron chi connectivity index (χ3n) is 8.24. The van der Waals surface area contributed by atoms with Crippen LogP contribution >= 0.6 is 23.2 Å². The topological polar surface area (TPSA) is 79.0 Å². The van der Waals surface area contributed by atoms with Crippen molar-refractivity contribution >= 4 is 44.9 Å². The van der Waals surface area contributed by atoms with Crippen LogP contribution in [0.4, 0.5) is 18.9 Å². The van der Waals surface area contributed by atoms with Crippen molar-refractivity contribution in [3.63, 3.8) is 0 Å². The van der Waals surface area contributed by atoms with Crippen LogP contribution in [0.15, 0.2) is 30.3 Å². The van der Waals surface area contributed by atoms with E-state index >= 15 is 0 Å². The normalized spacial score (nSPS) is 19.7. The maximum absolute atomic E-state index is 13.1. The molecule has 0 atom stereocenters. The molecular weight excluding hydrogens is 602 g/mol. The molecule has 0 spiro atoms. The molecule has 3 aliphatic rings. The number of benzene rings is 2. The fourth-order valence-electron chi connectivity index (χ4n) is 6.32. The molecule has 2 heterocycles. The van der Waals surface area contributed by atoms with Gasteiger partial charge in [-0.05, 0) is 98.1 Å². The summed E-state index contributed by atoms with van der Waals surface area (Å²) >= 11 is 12.1. The fraction of sp³-hybridized carbons (Fsp3) is 0.536. The van der Waals surface area contributed by atoms with Gasteiger partial charge in [-0.15, -0.1) is 0 Å². The van der Waals surface area contributed by atoms with E-state index in [4.69, 9.17) is 23.2 Å². The highest BCUT2D eigenvalue weighted by atomic mass is 35.5. The smallest absolute Gasteiger partial charge is 0.376 e. The summed E-state index contributed by atoms with van der Waals surface area (Å²) in [6.45, 7) is 2.72. The first kappa shape index (κ1) is 30.4. The molecule has 13 heteroatoms. The van der Waals surface area contributed by atoms with E-state index in [0.29, 0.717) is 41.3 Å². The van der Waals surface area contributed by atoms with E-state index in [9.17, 15) is 26.4 Å². The summed E-state index contributed by atoms with van der Waals surface area (Å²) in [6, 6.07) is 8.20. The van der Waals surface area contributed by atoms with Gasteiger partial charge >= 0.3 is 15.6 Å². The highest BCUT2D eigenvalue weighted by Gasteiger charge is 2.48. The van der Waals surface area contributed by atoms with Crippen LogP contribution in [0.3, 0.4) is 0 Å². The summed E-state index contributed by atoms with van der Waals surface area (Å²) < 4.78 is 67.5. The molecule has 0 aromatic heterocycles. The number of carbonyl (C=O) groups excluding carboxylic acids is 1. The quantitative estimate of drug-likeness (QED) is 0.283. The van der Waals surface area contributed by atoms with E-state index in [2.05, 4.69) is 14.4 Å². The number of hydrogen-bond donors (Lipinski definition) is 1. The lowest BCUT2D eigenvalue weighted by Gasteiger charge is -2.38. The van der Waals surface area contributed by atoms with Crippen LogP contribution in [0.25, 0.3) is 0 Å². The Morgan fingerprint density at radius 2 is 1.63 bits per heavy atom.